The lowest BCUT2D eigenvalue weighted by molar-refractivity contribution is -0.166. The standard InChI is InChI=1S/C19H33NO8/c1-9-18(5,6)28-16(24)20-11(10-12(21)25-17(2,3)4)13-14(15(22)23)27-19(7,8)26-13/h11,13-14H,9-10H2,1-8H3,(H,20,24)(H,22,23)/t11-,13-,14-/m0/s1. The van der Waals surface area contributed by atoms with E-state index in [1.165, 1.54) is 0 Å². The number of carboxylic acid groups (broad SMARTS) is 1. The second kappa shape index (κ2) is 8.65. The zero-order valence-electron chi connectivity index (χ0n) is 18.0. The zero-order chi connectivity index (χ0) is 21.9. The molecule has 28 heavy (non-hydrogen) atoms. The van der Waals surface area contributed by atoms with Gasteiger partial charge < -0.3 is 29.4 Å². The van der Waals surface area contributed by atoms with Crippen LogP contribution in [0, 0.1) is 0 Å². The maximum atomic E-state index is 12.4. The molecule has 0 saturated carbocycles. The van der Waals surface area contributed by atoms with Crippen LogP contribution in [0.25, 0.3) is 0 Å². The van der Waals surface area contributed by atoms with Crippen molar-refractivity contribution in [3.63, 3.8) is 0 Å². The van der Waals surface area contributed by atoms with Crippen molar-refractivity contribution in [3.8, 4) is 0 Å². The second-order valence-corrected chi connectivity index (χ2v) is 8.90. The third-order valence-corrected chi connectivity index (χ3v) is 4.10. The van der Waals surface area contributed by atoms with E-state index in [0.29, 0.717) is 6.42 Å². The van der Waals surface area contributed by atoms with Gasteiger partial charge in [-0.2, -0.15) is 0 Å². The molecule has 0 bridgehead atoms. The molecule has 0 unspecified atom stereocenters. The third-order valence-electron chi connectivity index (χ3n) is 4.10. The molecule has 1 heterocycles. The molecule has 0 aromatic carbocycles. The van der Waals surface area contributed by atoms with Gasteiger partial charge >= 0.3 is 18.0 Å². The summed E-state index contributed by atoms with van der Waals surface area (Å²) < 4.78 is 21.8. The maximum Gasteiger partial charge on any atom is 0.407 e. The van der Waals surface area contributed by atoms with Crippen LogP contribution in [0.5, 0.6) is 0 Å². The summed E-state index contributed by atoms with van der Waals surface area (Å²) in [6.07, 6.45) is -2.96. The van der Waals surface area contributed by atoms with Gasteiger partial charge in [0.05, 0.1) is 12.5 Å². The number of alkyl carbamates (subject to hydrolysis) is 1. The van der Waals surface area contributed by atoms with Crippen LogP contribution >= 0.6 is 0 Å². The number of carbonyl (C=O) groups excluding carboxylic acids is 2. The van der Waals surface area contributed by atoms with Crippen molar-refractivity contribution < 1.29 is 38.4 Å². The number of carboxylic acids is 1. The summed E-state index contributed by atoms with van der Waals surface area (Å²) in [6.45, 7) is 13.6. The summed E-state index contributed by atoms with van der Waals surface area (Å²) in [6, 6.07) is -1.02. The molecule has 1 amide bonds. The average Bonchev–Trinajstić information content (AvgIpc) is 2.80. The van der Waals surface area contributed by atoms with Crippen LogP contribution < -0.4 is 5.32 Å². The van der Waals surface area contributed by atoms with Crippen molar-refractivity contribution in [1.29, 1.82) is 0 Å². The van der Waals surface area contributed by atoms with Gasteiger partial charge in [-0.05, 0) is 54.9 Å². The Morgan fingerprint density at radius 1 is 1.11 bits per heavy atom. The molecular weight excluding hydrogens is 370 g/mol. The molecule has 1 aliphatic heterocycles. The Balaban J connectivity index is 3.04. The largest absolute Gasteiger partial charge is 0.479 e. The van der Waals surface area contributed by atoms with E-state index < -0.39 is 53.3 Å². The number of carbonyl (C=O) groups is 3. The van der Waals surface area contributed by atoms with E-state index in [4.69, 9.17) is 18.9 Å². The summed E-state index contributed by atoms with van der Waals surface area (Å²) in [5.74, 6) is -3.05. The molecule has 1 saturated heterocycles. The van der Waals surface area contributed by atoms with E-state index in [-0.39, 0.29) is 6.42 Å². The second-order valence-electron chi connectivity index (χ2n) is 8.90. The fourth-order valence-corrected chi connectivity index (χ4v) is 2.59. The van der Waals surface area contributed by atoms with Gasteiger partial charge in [-0.3, -0.25) is 4.79 Å². The highest BCUT2D eigenvalue weighted by Gasteiger charge is 2.50. The molecule has 0 aliphatic carbocycles. The van der Waals surface area contributed by atoms with Crippen molar-refractivity contribution >= 4 is 18.0 Å². The predicted octanol–water partition coefficient (Wildman–Crippen LogP) is 2.61. The average molecular weight is 403 g/mol. The van der Waals surface area contributed by atoms with Gasteiger partial charge in [0.1, 0.15) is 17.3 Å². The van der Waals surface area contributed by atoms with Crippen LogP contribution in [0.2, 0.25) is 0 Å². The molecular formula is C19H33NO8. The summed E-state index contributed by atoms with van der Waals surface area (Å²) in [7, 11) is 0. The van der Waals surface area contributed by atoms with Crippen LogP contribution in [-0.4, -0.2) is 58.4 Å². The fourth-order valence-electron chi connectivity index (χ4n) is 2.59. The Morgan fingerprint density at radius 3 is 2.14 bits per heavy atom. The summed E-state index contributed by atoms with van der Waals surface area (Å²) >= 11 is 0. The number of ether oxygens (including phenoxy) is 4. The lowest BCUT2D eigenvalue weighted by atomic mass is 10.0. The molecule has 1 aliphatic rings. The quantitative estimate of drug-likeness (QED) is 0.622. The maximum absolute atomic E-state index is 12.4. The van der Waals surface area contributed by atoms with E-state index in [9.17, 15) is 19.5 Å². The summed E-state index contributed by atoms with van der Waals surface area (Å²) in [4.78, 5) is 36.3. The number of hydrogen-bond donors (Lipinski definition) is 2. The third kappa shape index (κ3) is 7.63. The molecule has 9 nitrogen and oxygen atoms in total. The SMILES string of the molecule is CCC(C)(C)OC(=O)N[C@@H](CC(=O)OC(C)(C)C)[C@@H]1OC(C)(C)O[C@@H]1C(=O)O. The Labute approximate surface area is 166 Å². The monoisotopic (exact) mass is 403 g/mol. The summed E-state index contributed by atoms with van der Waals surface area (Å²) in [5.41, 5.74) is -1.45. The number of amides is 1. The number of aliphatic carboxylic acids is 1. The molecule has 9 heteroatoms. The number of hydrogen-bond acceptors (Lipinski definition) is 7. The molecule has 1 rings (SSSR count). The highest BCUT2D eigenvalue weighted by atomic mass is 16.8. The van der Waals surface area contributed by atoms with Gasteiger partial charge in [0.25, 0.3) is 0 Å². The smallest absolute Gasteiger partial charge is 0.407 e. The summed E-state index contributed by atoms with van der Waals surface area (Å²) in [5, 5.41) is 12.0. The van der Waals surface area contributed by atoms with Gasteiger partial charge in [0.2, 0.25) is 0 Å². The minimum absolute atomic E-state index is 0.299. The minimum Gasteiger partial charge on any atom is -0.479 e. The number of rotatable bonds is 7. The first-order valence-electron chi connectivity index (χ1n) is 9.35. The van der Waals surface area contributed by atoms with E-state index in [1.54, 1.807) is 48.5 Å². The first kappa shape index (κ1) is 24.2. The van der Waals surface area contributed by atoms with Crippen molar-refractivity contribution in [1.82, 2.24) is 5.32 Å². The van der Waals surface area contributed by atoms with Crippen molar-refractivity contribution in [3.05, 3.63) is 0 Å². The van der Waals surface area contributed by atoms with Gasteiger partial charge in [-0.1, -0.05) is 6.92 Å². The molecule has 3 atom stereocenters. The minimum atomic E-state index is -1.36. The highest BCUT2D eigenvalue weighted by molar-refractivity contribution is 5.76. The van der Waals surface area contributed by atoms with E-state index >= 15 is 0 Å². The Kier molecular flexibility index (Phi) is 7.47. The van der Waals surface area contributed by atoms with Gasteiger partial charge in [0.15, 0.2) is 11.9 Å². The molecule has 162 valence electrons. The van der Waals surface area contributed by atoms with Gasteiger partial charge in [0, 0.05) is 0 Å². The lowest BCUT2D eigenvalue weighted by Gasteiger charge is -2.29. The topological polar surface area (TPSA) is 120 Å². The normalized spacial score (nSPS) is 23.0. The Hall–Kier alpha value is -1.87. The molecule has 0 aromatic rings. The zero-order valence-corrected chi connectivity index (χ0v) is 18.0. The van der Waals surface area contributed by atoms with Crippen LogP contribution in [0.3, 0.4) is 0 Å². The van der Waals surface area contributed by atoms with Crippen LogP contribution in [0.15, 0.2) is 0 Å². The van der Waals surface area contributed by atoms with Crippen LogP contribution in [0.4, 0.5) is 4.79 Å². The van der Waals surface area contributed by atoms with Crippen LogP contribution in [0.1, 0.15) is 68.2 Å². The molecule has 0 aromatic heterocycles. The van der Waals surface area contributed by atoms with Gasteiger partial charge in [-0.25, -0.2) is 9.59 Å². The molecule has 0 radical (unpaired) electrons. The van der Waals surface area contributed by atoms with Crippen molar-refractivity contribution in [2.24, 2.45) is 0 Å². The lowest BCUT2D eigenvalue weighted by Crippen LogP contribution is -2.52. The van der Waals surface area contributed by atoms with E-state index in [0.717, 1.165) is 0 Å². The first-order chi connectivity index (χ1) is 12.6. The first-order valence-corrected chi connectivity index (χ1v) is 9.35. The van der Waals surface area contributed by atoms with Gasteiger partial charge in [-0.15, -0.1) is 0 Å². The number of esters is 1. The fraction of sp³-hybridized carbons (Fsp3) is 0.842. The molecule has 1 fully saturated rings. The number of nitrogens with one attached hydrogen (secondary N) is 1. The Bertz CT molecular complexity index is 593. The molecule has 0 spiro atoms. The Morgan fingerprint density at radius 2 is 1.68 bits per heavy atom. The predicted molar refractivity (Wildman–Crippen MR) is 99.7 cm³/mol. The van der Waals surface area contributed by atoms with E-state index in [2.05, 4.69) is 5.32 Å². The van der Waals surface area contributed by atoms with Crippen molar-refractivity contribution in [2.45, 2.75) is 103 Å². The van der Waals surface area contributed by atoms with Crippen LogP contribution in [-0.2, 0) is 28.5 Å². The molecule has 2 N–H and O–H groups in total. The highest BCUT2D eigenvalue weighted by Crippen LogP contribution is 2.31. The van der Waals surface area contributed by atoms with Crippen molar-refractivity contribution in [2.75, 3.05) is 0 Å². The van der Waals surface area contributed by atoms with E-state index in [1.807, 2.05) is 6.92 Å².